The van der Waals surface area contributed by atoms with Crippen molar-refractivity contribution >= 4 is 38.0 Å². The number of thiophene rings is 1. The van der Waals surface area contributed by atoms with Crippen LogP contribution in [0.1, 0.15) is 11.4 Å². The highest BCUT2D eigenvalue weighted by molar-refractivity contribution is 7.91. The molecular formula is C15H15FN4O2S3. The fraction of sp³-hybridized carbons (Fsp3) is 0.200. The maximum Gasteiger partial charge on any atom is 0.250 e. The van der Waals surface area contributed by atoms with Crippen LogP contribution in [-0.4, -0.2) is 30.9 Å². The van der Waals surface area contributed by atoms with Crippen LogP contribution in [0.3, 0.4) is 0 Å². The van der Waals surface area contributed by atoms with Crippen LogP contribution >= 0.6 is 22.9 Å². The number of aromatic nitrogens is 2. The van der Waals surface area contributed by atoms with Crippen LogP contribution in [0.2, 0.25) is 0 Å². The van der Waals surface area contributed by atoms with Crippen molar-refractivity contribution in [1.82, 2.24) is 14.1 Å². The minimum atomic E-state index is -3.45. The Morgan fingerprint density at radius 3 is 2.64 bits per heavy atom. The SMILES string of the molecule is O=S(=O)(NCCNc1nc(Cc2ccc(F)cc2)ns1)c1cccs1. The van der Waals surface area contributed by atoms with Gasteiger partial charge in [-0.05, 0) is 29.1 Å². The Morgan fingerprint density at radius 2 is 1.92 bits per heavy atom. The van der Waals surface area contributed by atoms with Crippen molar-refractivity contribution in [2.24, 2.45) is 0 Å². The summed E-state index contributed by atoms with van der Waals surface area (Å²) in [5.74, 6) is 0.362. The molecule has 2 N–H and O–H groups in total. The summed E-state index contributed by atoms with van der Waals surface area (Å²) in [6.45, 7) is 0.642. The molecule has 0 saturated carbocycles. The molecule has 0 aliphatic rings. The number of rotatable bonds is 8. The highest BCUT2D eigenvalue weighted by Gasteiger charge is 2.14. The molecule has 3 aromatic rings. The standard InChI is InChI=1S/C15H15FN4O2S3/c16-12-5-3-11(4-6-12)10-13-19-15(24-20-13)17-7-8-18-25(21,22)14-2-1-9-23-14/h1-6,9,18H,7-8,10H2,(H,17,19,20). The van der Waals surface area contributed by atoms with Gasteiger partial charge in [0.25, 0.3) is 0 Å². The Labute approximate surface area is 153 Å². The highest BCUT2D eigenvalue weighted by Crippen LogP contribution is 2.16. The van der Waals surface area contributed by atoms with Crippen molar-refractivity contribution in [3.8, 4) is 0 Å². The van der Waals surface area contributed by atoms with Crippen LogP contribution in [0.15, 0.2) is 46.0 Å². The van der Waals surface area contributed by atoms with Crippen LogP contribution < -0.4 is 10.0 Å². The molecule has 0 bridgehead atoms. The molecule has 1 aromatic carbocycles. The van der Waals surface area contributed by atoms with E-state index in [2.05, 4.69) is 19.4 Å². The first-order chi connectivity index (χ1) is 12.0. The van der Waals surface area contributed by atoms with Crippen LogP contribution in [0.4, 0.5) is 9.52 Å². The Kier molecular flexibility index (Phi) is 5.74. The number of halogens is 1. The Balaban J connectivity index is 1.46. The van der Waals surface area contributed by atoms with Gasteiger partial charge in [-0.15, -0.1) is 11.3 Å². The molecule has 0 atom stereocenters. The molecule has 10 heteroatoms. The fourth-order valence-electron chi connectivity index (χ4n) is 2.02. The maximum atomic E-state index is 12.9. The van der Waals surface area contributed by atoms with E-state index in [1.807, 2.05) is 0 Å². The highest BCUT2D eigenvalue weighted by atomic mass is 32.2. The maximum absolute atomic E-state index is 12.9. The lowest BCUT2D eigenvalue weighted by Crippen LogP contribution is -2.28. The van der Waals surface area contributed by atoms with E-state index in [1.54, 1.807) is 29.6 Å². The average molecular weight is 399 g/mol. The third-order valence-electron chi connectivity index (χ3n) is 3.20. The van der Waals surface area contributed by atoms with Crippen molar-refractivity contribution in [3.05, 3.63) is 59.0 Å². The van der Waals surface area contributed by atoms with Crippen molar-refractivity contribution < 1.29 is 12.8 Å². The van der Waals surface area contributed by atoms with E-state index in [1.165, 1.54) is 35.0 Å². The molecule has 0 aliphatic carbocycles. The first kappa shape index (κ1) is 17.9. The van der Waals surface area contributed by atoms with E-state index in [0.29, 0.717) is 28.1 Å². The summed E-state index contributed by atoms with van der Waals surface area (Å²) in [5.41, 5.74) is 0.925. The van der Waals surface area contributed by atoms with Gasteiger partial charge in [-0.25, -0.2) is 22.5 Å². The zero-order valence-corrected chi connectivity index (χ0v) is 15.4. The number of sulfonamides is 1. The molecule has 0 spiro atoms. The summed E-state index contributed by atoms with van der Waals surface area (Å²) in [5, 5.41) is 5.38. The molecule has 0 aliphatic heterocycles. The Morgan fingerprint density at radius 1 is 1.12 bits per heavy atom. The van der Waals surface area contributed by atoms with Gasteiger partial charge in [-0.2, -0.15) is 4.37 Å². The minimum absolute atomic E-state index is 0.243. The van der Waals surface area contributed by atoms with E-state index in [9.17, 15) is 12.8 Å². The van der Waals surface area contributed by atoms with Crippen molar-refractivity contribution in [3.63, 3.8) is 0 Å². The first-order valence-corrected chi connectivity index (χ1v) is 10.5. The number of nitrogens with zero attached hydrogens (tertiary/aromatic N) is 2. The zero-order valence-electron chi connectivity index (χ0n) is 13.0. The van der Waals surface area contributed by atoms with Crippen LogP contribution in [0.25, 0.3) is 0 Å². The third-order valence-corrected chi connectivity index (χ3v) is 6.77. The predicted molar refractivity (Wildman–Crippen MR) is 97.1 cm³/mol. The van der Waals surface area contributed by atoms with Crippen LogP contribution in [0, 0.1) is 5.82 Å². The van der Waals surface area contributed by atoms with E-state index in [-0.39, 0.29) is 12.4 Å². The van der Waals surface area contributed by atoms with E-state index in [4.69, 9.17) is 0 Å². The predicted octanol–water partition coefficient (Wildman–Crippen LogP) is 2.72. The van der Waals surface area contributed by atoms with Crippen LogP contribution in [0.5, 0.6) is 0 Å². The summed E-state index contributed by atoms with van der Waals surface area (Å²) in [7, 11) is -3.45. The van der Waals surface area contributed by atoms with E-state index >= 15 is 0 Å². The van der Waals surface area contributed by atoms with Gasteiger partial charge >= 0.3 is 0 Å². The summed E-state index contributed by atoms with van der Waals surface area (Å²) >= 11 is 2.38. The summed E-state index contributed by atoms with van der Waals surface area (Å²) in [6, 6.07) is 9.46. The van der Waals surface area contributed by atoms with Crippen molar-refractivity contribution in [2.45, 2.75) is 10.6 Å². The van der Waals surface area contributed by atoms with Gasteiger partial charge in [-0.3, -0.25) is 0 Å². The molecule has 0 saturated heterocycles. The monoisotopic (exact) mass is 398 g/mol. The van der Waals surface area contributed by atoms with Gasteiger partial charge in [0, 0.05) is 31.0 Å². The Hall–Kier alpha value is -1.88. The molecule has 2 heterocycles. The average Bonchev–Trinajstić information content (AvgIpc) is 3.26. The van der Waals surface area contributed by atoms with Gasteiger partial charge in [0.1, 0.15) is 15.9 Å². The number of benzene rings is 1. The molecule has 6 nitrogen and oxygen atoms in total. The van der Waals surface area contributed by atoms with Crippen molar-refractivity contribution in [1.29, 1.82) is 0 Å². The quantitative estimate of drug-likeness (QED) is 0.570. The zero-order chi connectivity index (χ0) is 17.7. The number of hydrogen-bond acceptors (Lipinski definition) is 7. The molecular weight excluding hydrogens is 383 g/mol. The lowest BCUT2D eigenvalue weighted by molar-refractivity contribution is 0.585. The summed E-state index contributed by atoms with van der Waals surface area (Å²) < 4.78 is 43.9. The first-order valence-electron chi connectivity index (χ1n) is 7.37. The molecule has 0 fully saturated rings. The third kappa shape index (κ3) is 5.05. The molecule has 0 radical (unpaired) electrons. The second-order valence-electron chi connectivity index (χ2n) is 5.08. The van der Waals surface area contributed by atoms with Gasteiger partial charge in [0.15, 0.2) is 0 Å². The van der Waals surface area contributed by atoms with Gasteiger partial charge in [-0.1, -0.05) is 18.2 Å². The smallest absolute Gasteiger partial charge is 0.250 e. The number of nitrogens with one attached hydrogen (secondary N) is 2. The largest absolute Gasteiger partial charge is 0.359 e. The van der Waals surface area contributed by atoms with E-state index in [0.717, 1.165) is 5.56 Å². The topological polar surface area (TPSA) is 84.0 Å². The second-order valence-corrected chi connectivity index (χ2v) is 8.77. The second kappa shape index (κ2) is 8.00. The molecule has 25 heavy (non-hydrogen) atoms. The lowest BCUT2D eigenvalue weighted by Gasteiger charge is -2.05. The number of anilines is 1. The lowest BCUT2D eigenvalue weighted by atomic mass is 10.1. The van der Waals surface area contributed by atoms with Gasteiger partial charge in [0.05, 0.1) is 0 Å². The van der Waals surface area contributed by atoms with Crippen LogP contribution in [-0.2, 0) is 16.4 Å². The minimum Gasteiger partial charge on any atom is -0.359 e. The van der Waals surface area contributed by atoms with Gasteiger partial charge < -0.3 is 5.32 Å². The van der Waals surface area contributed by atoms with Gasteiger partial charge in [0.2, 0.25) is 15.2 Å². The molecule has 2 aromatic heterocycles. The summed E-state index contributed by atoms with van der Waals surface area (Å²) in [6.07, 6.45) is 0.517. The molecule has 132 valence electrons. The van der Waals surface area contributed by atoms with Crippen molar-refractivity contribution in [2.75, 3.05) is 18.4 Å². The molecule has 3 rings (SSSR count). The normalized spacial score (nSPS) is 11.6. The summed E-state index contributed by atoms with van der Waals surface area (Å²) in [4.78, 5) is 4.34. The Bertz CT molecular complexity index is 909. The van der Waals surface area contributed by atoms with E-state index < -0.39 is 10.0 Å². The number of hydrogen-bond donors (Lipinski definition) is 2. The molecule has 0 unspecified atom stereocenters. The molecule has 0 amide bonds. The fourth-order valence-corrected chi connectivity index (χ4v) is 4.70.